The number of pyridine rings is 2. The van der Waals surface area contributed by atoms with Gasteiger partial charge in [-0.3, -0.25) is 14.5 Å². The van der Waals surface area contributed by atoms with Gasteiger partial charge in [-0.1, -0.05) is 0 Å². The first-order chi connectivity index (χ1) is 11.6. The van der Waals surface area contributed by atoms with Gasteiger partial charge in [0.15, 0.2) is 10.8 Å². The molecule has 8 nitrogen and oxygen atoms in total. The Morgan fingerprint density at radius 2 is 2.12 bits per heavy atom. The highest BCUT2D eigenvalue weighted by atomic mass is 32.1. The van der Waals surface area contributed by atoms with E-state index in [1.807, 2.05) is 0 Å². The number of hydrogen-bond donors (Lipinski definition) is 2. The number of carboxylic acid groups (broad SMARTS) is 1. The van der Waals surface area contributed by atoms with Gasteiger partial charge in [-0.2, -0.15) is 5.10 Å². The Balaban J connectivity index is 2.09. The summed E-state index contributed by atoms with van der Waals surface area (Å²) in [6.07, 6.45) is 4.46. The van der Waals surface area contributed by atoms with Crippen molar-refractivity contribution in [1.29, 1.82) is 0 Å². The maximum Gasteiger partial charge on any atom is 0.341 e. The number of aromatic amines is 1. The van der Waals surface area contributed by atoms with Crippen LogP contribution in [0.2, 0.25) is 0 Å². The summed E-state index contributed by atoms with van der Waals surface area (Å²) in [5, 5.41) is 18.5. The number of fused-ring (bicyclic) bond motifs is 1. The zero-order chi connectivity index (χ0) is 16.7. The molecule has 0 atom stereocenters. The van der Waals surface area contributed by atoms with Crippen molar-refractivity contribution in [1.82, 2.24) is 24.7 Å². The molecule has 4 aromatic heterocycles. The number of aromatic carboxylic acids is 1. The minimum Gasteiger partial charge on any atom is -0.477 e. The molecule has 0 aliphatic heterocycles. The average Bonchev–Trinajstić information content (AvgIpc) is 3.28. The highest BCUT2D eigenvalue weighted by Crippen LogP contribution is 2.21. The lowest BCUT2D eigenvalue weighted by Gasteiger charge is -2.09. The molecule has 0 spiro atoms. The fourth-order valence-corrected chi connectivity index (χ4v) is 3.00. The molecular weight excluding hydrogens is 330 g/mol. The van der Waals surface area contributed by atoms with E-state index in [1.54, 1.807) is 36.0 Å². The summed E-state index contributed by atoms with van der Waals surface area (Å²) < 4.78 is 1.52. The van der Waals surface area contributed by atoms with Gasteiger partial charge < -0.3 is 5.11 Å². The highest BCUT2D eigenvalue weighted by molar-refractivity contribution is 7.12. The number of aromatic nitrogens is 5. The molecule has 0 radical (unpaired) electrons. The summed E-state index contributed by atoms with van der Waals surface area (Å²) in [7, 11) is 0. The first-order valence-corrected chi connectivity index (χ1v) is 7.72. The van der Waals surface area contributed by atoms with Crippen LogP contribution in [0.15, 0.2) is 47.0 Å². The van der Waals surface area contributed by atoms with Crippen molar-refractivity contribution in [2.45, 2.75) is 0 Å². The van der Waals surface area contributed by atoms with E-state index in [9.17, 15) is 14.7 Å². The molecule has 9 heteroatoms. The fraction of sp³-hybridized carbons (Fsp3) is 0. The zero-order valence-electron chi connectivity index (χ0n) is 12.0. The topological polar surface area (TPSA) is 114 Å². The van der Waals surface area contributed by atoms with E-state index >= 15 is 0 Å². The molecule has 0 saturated heterocycles. The molecule has 0 bridgehead atoms. The molecule has 0 unspecified atom stereocenters. The van der Waals surface area contributed by atoms with Crippen molar-refractivity contribution in [2.24, 2.45) is 0 Å². The first-order valence-electron chi connectivity index (χ1n) is 6.84. The molecule has 4 aromatic rings. The normalized spacial score (nSPS) is 11.0. The van der Waals surface area contributed by atoms with Crippen LogP contribution in [-0.2, 0) is 0 Å². The van der Waals surface area contributed by atoms with Crippen molar-refractivity contribution < 1.29 is 9.90 Å². The van der Waals surface area contributed by atoms with E-state index < -0.39 is 11.4 Å². The lowest BCUT2D eigenvalue weighted by molar-refractivity contribution is 0.0695. The van der Waals surface area contributed by atoms with E-state index in [-0.39, 0.29) is 10.9 Å². The van der Waals surface area contributed by atoms with Gasteiger partial charge in [-0.05, 0) is 18.2 Å². The minimum atomic E-state index is -1.29. The Morgan fingerprint density at radius 1 is 1.25 bits per heavy atom. The summed E-state index contributed by atoms with van der Waals surface area (Å²) in [5.41, 5.74) is 0.722. The van der Waals surface area contributed by atoms with Gasteiger partial charge >= 0.3 is 5.97 Å². The second-order valence-electron chi connectivity index (χ2n) is 4.90. The summed E-state index contributed by atoms with van der Waals surface area (Å²) in [5.74, 6) is -1.29. The van der Waals surface area contributed by atoms with Crippen LogP contribution in [0.3, 0.4) is 0 Å². The molecule has 0 amide bonds. The van der Waals surface area contributed by atoms with E-state index in [2.05, 4.69) is 20.2 Å². The van der Waals surface area contributed by atoms with Crippen LogP contribution in [0.25, 0.3) is 27.6 Å². The Bertz CT molecular complexity index is 1100. The number of thiazole rings is 1. The second kappa shape index (κ2) is 5.39. The number of hydrogen-bond acceptors (Lipinski definition) is 6. The van der Waals surface area contributed by atoms with Crippen molar-refractivity contribution in [3.05, 3.63) is 58.0 Å². The molecule has 118 valence electrons. The Morgan fingerprint density at radius 3 is 2.79 bits per heavy atom. The monoisotopic (exact) mass is 339 g/mol. The van der Waals surface area contributed by atoms with Gasteiger partial charge in [-0.15, -0.1) is 11.3 Å². The molecule has 0 saturated carbocycles. The lowest BCUT2D eigenvalue weighted by Crippen LogP contribution is -2.19. The minimum absolute atomic E-state index is 0.216. The van der Waals surface area contributed by atoms with Gasteiger partial charge in [0.2, 0.25) is 5.43 Å². The Hall–Kier alpha value is -3.33. The standard InChI is InChI=1S/C15H9N5O3S/c21-12-8-1-2-10(11-3-4-17-19-11)18-13(8)20(7-9(12)14(22)23)15-16-5-6-24-15/h1-7H,(H,17,19)(H,22,23). The zero-order valence-corrected chi connectivity index (χ0v) is 12.8. The van der Waals surface area contributed by atoms with Gasteiger partial charge in [0, 0.05) is 24.0 Å². The number of rotatable bonds is 3. The second-order valence-corrected chi connectivity index (χ2v) is 5.77. The largest absolute Gasteiger partial charge is 0.477 e. The van der Waals surface area contributed by atoms with Crippen LogP contribution in [0.1, 0.15) is 10.4 Å². The SMILES string of the molecule is O=C(O)c1cn(-c2nccs2)c2nc(-c3ccn[nH]3)ccc2c1=O. The molecule has 4 rings (SSSR count). The molecule has 2 N–H and O–H groups in total. The fourth-order valence-electron chi connectivity index (χ4n) is 2.38. The van der Waals surface area contributed by atoms with E-state index in [1.165, 1.54) is 22.1 Å². The number of carbonyl (C=O) groups is 1. The van der Waals surface area contributed by atoms with Crippen molar-refractivity contribution in [2.75, 3.05) is 0 Å². The summed E-state index contributed by atoms with van der Waals surface area (Å²) in [6, 6.07) is 4.97. The summed E-state index contributed by atoms with van der Waals surface area (Å²) in [6.45, 7) is 0. The van der Waals surface area contributed by atoms with Gasteiger partial charge in [-0.25, -0.2) is 14.8 Å². The smallest absolute Gasteiger partial charge is 0.341 e. The van der Waals surface area contributed by atoms with E-state index in [4.69, 9.17) is 0 Å². The molecule has 24 heavy (non-hydrogen) atoms. The first kappa shape index (κ1) is 14.3. The van der Waals surface area contributed by atoms with Crippen LogP contribution in [0.5, 0.6) is 0 Å². The lowest BCUT2D eigenvalue weighted by atomic mass is 10.1. The Kier molecular flexibility index (Phi) is 3.21. The van der Waals surface area contributed by atoms with Crippen LogP contribution in [0, 0.1) is 0 Å². The third-order valence-electron chi connectivity index (χ3n) is 3.48. The van der Waals surface area contributed by atoms with Crippen LogP contribution < -0.4 is 5.43 Å². The maximum absolute atomic E-state index is 12.4. The number of carboxylic acids is 1. The third kappa shape index (κ3) is 2.18. The third-order valence-corrected chi connectivity index (χ3v) is 4.25. The molecule has 4 heterocycles. The van der Waals surface area contributed by atoms with Gasteiger partial charge in [0.25, 0.3) is 0 Å². The van der Waals surface area contributed by atoms with Crippen LogP contribution >= 0.6 is 11.3 Å². The van der Waals surface area contributed by atoms with Crippen LogP contribution in [-0.4, -0.2) is 35.8 Å². The summed E-state index contributed by atoms with van der Waals surface area (Å²) >= 11 is 1.32. The van der Waals surface area contributed by atoms with Gasteiger partial charge in [0.1, 0.15) is 5.56 Å². The quantitative estimate of drug-likeness (QED) is 0.589. The maximum atomic E-state index is 12.4. The molecular formula is C15H9N5O3S. The van der Waals surface area contributed by atoms with Gasteiger partial charge in [0.05, 0.1) is 16.8 Å². The average molecular weight is 339 g/mol. The molecule has 0 aromatic carbocycles. The molecule has 0 aliphatic rings. The molecule has 0 aliphatic carbocycles. The predicted molar refractivity (Wildman–Crippen MR) is 87.6 cm³/mol. The molecule has 0 fully saturated rings. The predicted octanol–water partition coefficient (Wildman–Crippen LogP) is 1.93. The van der Waals surface area contributed by atoms with E-state index in [0.29, 0.717) is 22.2 Å². The number of nitrogens with one attached hydrogen (secondary N) is 1. The summed E-state index contributed by atoms with van der Waals surface area (Å²) in [4.78, 5) is 32.5. The van der Waals surface area contributed by atoms with Crippen molar-refractivity contribution in [3.63, 3.8) is 0 Å². The van der Waals surface area contributed by atoms with Crippen molar-refractivity contribution in [3.8, 4) is 16.5 Å². The van der Waals surface area contributed by atoms with Crippen molar-refractivity contribution >= 4 is 28.3 Å². The number of nitrogens with zero attached hydrogens (tertiary/aromatic N) is 4. The number of H-pyrrole nitrogens is 1. The van der Waals surface area contributed by atoms with Crippen LogP contribution in [0.4, 0.5) is 0 Å². The Labute approximate surface area is 138 Å². The van der Waals surface area contributed by atoms with E-state index in [0.717, 1.165) is 0 Å². The highest BCUT2D eigenvalue weighted by Gasteiger charge is 2.18.